The topological polar surface area (TPSA) is 44.8 Å². The maximum absolute atomic E-state index is 12.3. The zero-order valence-corrected chi connectivity index (χ0v) is 12.6. The van der Waals surface area contributed by atoms with E-state index in [0.717, 1.165) is 4.90 Å². The normalized spacial score (nSPS) is 12.6. The average molecular weight is 286 g/mol. The highest BCUT2D eigenvalue weighted by atomic mass is 32.2. The third-order valence-corrected chi connectivity index (χ3v) is 3.99. The number of ether oxygens (including phenoxy) is 3. The molecule has 1 atom stereocenters. The fourth-order valence-electron chi connectivity index (χ4n) is 1.71. The van der Waals surface area contributed by atoms with Crippen molar-refractivity contribution in [1.29, 1.82) is 0 Å². The molecule has 4 nitrogen and oxygen atoms in total. The summed E-state index contributed by atoms with van der Waals surface area (Å²) < 4.78 is 28.3. The summed E-state index contributed by atoms with van der Waals surface area (Å²) in [4.78, 5) is 0.719. The molecule has 5 heteroatoms. The van der Waals surface area contributed by atoms with E-state index in [1.165, 1.54) is 0 Å². The van der Waals surface area contributed by atoms with Crippen LogP contribution in [0.3, 0.4) is 0 Å². The first-order chi connectivity index (χ1) is 9.22. The minimum absolute atomic E-state index is 0.284. The molecule has 0 saturated carbocycles. The van der Waals surface area contributed by atoms with Gasteiger partial charge in [-0.3, -0.25) is 4.21 Å². The minimum atomic E-state index is -1.11. The Bertz CT molecular complexity index is 389. The predicted octanol–water partition coefficient (Wildman–Crippen LogP) is 2.59. The maximum Gasteiger partial charge on any atom is 0.158 e. The van der Waals surface area contributed by atoms with E-state index in [9.17, 15) is 4.21 Å². The molecule has 0 aliphatic rings. The lowest BCUT2D eigenvalue weighted by Crippen LogP contribution is -2.20. The molecule has 0 spiro atoms. The highest BCUT2D eigenvalue weighted by Crippen LogP contribution is 2.22. The molecule has 0 radical (unpaired) electrons. The van der Waals surface area contributed by atoms with Gasteiger partial charge in [0.15, 0.2) is 6.29 Å². The number of hydrogen-bond donors (Lipinski definition) is 0. The first-order valence-electron chi connectivity index (χ1n) is 6.47. The van der Waals surface area contributed by atoms with Crippen LogP contribution in [0.5, 0.6) is 5.75 Å². The lowest BCUT2D eigenvalue weighted by Gasteiger charge is -2.16. The molecule has 0 saturated heterocycles. The Morgan fingerprint density at radius 3 is 2.37 bits per heavy atom. The number of benzene rings is 1. The Labute approximate surface area is 117 Å². The van der Waals surface area contributed by atoms with E-state index in [2.05, 4.69) is 0 Å². The number of para-hydroxylation sites is 1. The number of rotatable bonds is 9. The lowest BCUT2D eigenvalue weighted by atomic mass is 10.3. The van der Waals surface area contributed by atoms with Gasteiger partial charge in [0.25, 0.3) is 0 Å². The highest BCUT2D eigenvalue weighted by Gasteiger charge is 2.14. The fraction of sp³-hybridized carbons (Fsp3) is 0.571. The average Bonchev–Trinajstić information content (AvgIpc) is 2.44. The fourth-order valence-corrected chi connectivity index (χ4v) is 2.94. The van der Waals surface area contributed by atoms with Crippen LogP contribution in [0.4, 0.5) is 0 Å². The molecule has 1 aromatic carbocycles. The number of methoxy groups -OCH3 is 1. The van der Waals surface area contributed by atoms with E-state index in [1.54, 1.807) is 7.11 Å². The third kappa shape index (κ3) is 5.30. The first kappa shape index (κ1) is 16.1. The van der Waals surface area contributed by atoms with Gasteiger partial charge in [-0.25, -0.2) is 0 Å². The number of hydrogen-bond acceptors (Lipinski definition) is 4. The molecular formula is C14H22O4S. The van der Waals surface area contributed by atoms with Crippen LogP contribution in [0.15, 0.2) is 29.2 Å². The minimum Gasteiger partial charge on any atom is -0.495 e. The van der Waals surface area contributed by atoms with Crippen LogP contribution < -0.4 is 4.74 Å². The zero-order chi connectivity index (χ0) is 14.1. The van der Waals surface area contributed by atoms with Crippen LogP contribution in [0.25, 0.3) is 0 Å². The maximum atomic E-state index is 12.3. The predicted molar refractivity (Wildman–Crippen MR) is 75.9 cm³/mol. The summed E-state index contributed by atoms with van der Waals surface area (Å²) in [6.45, 7) is 5.02. The molecule has 19 heavy (non-hydrogen) atoms. The van der Waals surface area contributed by atoms with Crippen LogP contribution in [-0.4, -0.2) is 36.6 Å². The second-order valence-electron chi connectivity index (χ2n) is 3.83. The van der Waals surface area contributed by atoms with E-state index in [-0.39, 0.29) is 6.29 Å². The van der Waals surface area contributed by atoms with E-state index >= 15 is 0 Å². The highest BCUT2D eigenvalue weighted by molar-refractivity contribution is 7.85. The molecule has 0 bridgehead atoms. The second-order valence-corrected chi connectivity index (χ2v) is 5.37. The Hall–Kier alpha value is -0.910. The summed E-state index contributed by atoms with van der Waals surface area (Å²) in [5.74, 6) is 1.15. The molecule has 108 valence electrons. The van der Waals surface area contributed by atoms with Gasteiger partial charge < -0.3 is 14.2 Å². The Kier molecular flexibility index (Phi) is 7.70. The Balaban J connectivity index is 2.58. The van der Waals surface area contributed by atoms with Crippen molar-refractivity contribution in [2.45, 2.75) is 31.5 Å². The van der Waals surface area contributed by atoms with Crippen molar-refractivity contribution >= 4 is 10.8 Å². The van der Waals surface area contributed by atoms with E-state index in [0.29, 0.717) is 31.1 Å². The largest absolute Gasteiger partial charge is 0.495 e. The molecule has 1 aromatic rings. The van der Waals surface area contributed by atoms with Gasteiger partial charge in [-0.2, -0.15) is 0 Å². The van der Waals surface area contributed by atoms with Crippen LogP contribution in [0, 0.1) is 0 Å². The van der Waals surface area contributed by atoms with Crippen molar-refractivity contribution < 1.29 is 18.4 Å². The van der Waals surface area contributed by atoms with Crippen molar-refractivity contribution in [1.82, 2.24) is 0 Å². The summed E-state index contributed by atoms with van der Waals surface area (Å²) in [7, 11) is 0.475. The standard InChI is InChI=1S/C14H22O4S/c1-4-17-14(18-5-2)10-11-19(15)13-9-7-6-8-12(13)16-3/h6-9,14H,4-5,10-11H2,1-3H3. The molecule has 0 N–H and O–H groups in total. The van der Waals surface area contributed by atoms with Gasteiger partial charge in [0.2, 0.25) is 0 Å². The van der Waals surface area contributed by atoms with E-state index in [4.69, 9.17) is 14.2 Å². The second kappa shape index (κ2) is 9.07. The lowest BCUT2D eigenvalue weighted by molar-refractivity contribution is -0.136. The monoisotopic (exact) mass is 286 g/mol. The Morgan fingerprint density at radius 2 is 1.79 bits per heavy atom. The molecule has 0 fully saturated rings. The van der Waals surface area contributed by atoms with Gasteiger partial charge >= 0.3 is 0 Å². The van der Waals surface area contributed by atoms with Crippen molar-refractivity contribution in [2.24, 2.45) is 0 Å². The molecule has 0 aliphatic heterocycles. The SMILES string of the molecule is CCOC(CCS(=O)c1ccccc1OC)OCC. The molecule has 1 unspecified atom stereocenters. The third-order valence-electron chi connectivity index (χ3n) is 2.56. The zero-order valence-electron chi connectivity index (χ0n) is 11.8. The van der Waals surface area contributed by atoms with Crippen LogP contribution in [0.2, 0.25) is 0 Å². The summed E-state index contributed by atoms with van der Waals surface area (Å²) >= 11 is 0. The van der Waals surface area contributed by atoms with Gasteiger partial charge in [0.1, 0.15) is 5.75 Å². The van der Waals surface area contributed by atoms with Crippen molar-refractivity contribution in [3.63, 3.8) is 0 Å². The van der Waals surface area contributed by atoms with Crippen molar-refractivity contribution in [2.75, 3.05) is 26.1 Å². The molecule has 0 amide bonds. The molecule has 1 rings (SSSR count). The van der Waals surface area contributed by atoms with E-state index < -0.39 is 10.8 Å². The van der Waals surface area contributed by atoms with Gasteiger partial charge in [-0.05, 0) is 26.0 Å². The van der Waals surface area contributed by atoms with E-state index in [1.807, 2.05) is 38.1 Å². The molecule has 0 aliphatic carbocycles. The summed E-state index contributed by atoms with van der Waals surface area (Å²) in [5, 5.41) is 0. The first-order valence-corrected chi connectivity index (χ1v) is 7.79. The summed E-state index contributed by atoms with van der Waals surface area (Å²) in [5.41, 5.74) is 0. The van der Waals surface area contributed by atoms with Crippen molar-refractivity contribution in [3.8, 4) is 5.75 Å². The van der Waals surface area contributed by atoms with Gasteiger partial charge in [-0.15, -0.1) is 0 Å². The van der Waals surface area contributed by atoms with Crippen LogP contribution in [0.1, 0.15) is 20.3 Å². The summed E-state index contributed by atoms with van der Waals surface area (Å²) in [6, 6.07) is 7.36. The smallest absolute Gasteiger partial charge is 0.158 e. The van der Waals surface area contributed by atoms with Crippen molar-refractivity contribution in [3.05, 3.63) is 24.3 Å². The molecule has 0 heterocycles. The van der Waals surface area contributed by atoms with Gasteiger partial charge in [0.05, 0.1) is 22.8 Å². The van der Waals surface area contributed by atoms with Crippen LogP contribution in [-0.2, 0) is 20.3 Å². The summed E-state index contributed by atoms with van der Waals surface area (Å²) in [6.07, 6.45) is 0.320. The Morgan fingerprint density at radius 1 is 1.16 bits per heavy atom. The van der Waals surface area contributed by atoms with Gasteiger partial charge in [-0.1, -0.05) is 12.1 Å². The molecular weight excluding hydrogens is 264 g/mol. The molecule has 0 aromatic heterocycles. The van der Waals surface area contributed by atoms with Crippen LogP contribution >= 0.6 is 0 Å². The quantitative estimate of drug-likeness (QED) is 0.655. The van der Waals surface area contributed by atoms with Gasteiger partial charge in [0, 0.05) is 25.4 Å².